The van der Waals surface area contributed by atoms with Gasteiger partial charge in [0, 0.05) is 17.1 Å². The minimum absolute atomic E-state index is 0. The summed E-state index contributed by atoms with van der Waals surface area (Å²) in [6.07, 6.45) is 0. The van der Waals surface area contributed by atoms with Crippen molar-refractivity contribution in [3.8, 4) is 0 Å². The van der Waals surface area contributed by atoms with E-state index in [1.165, 1.54) is 0 Å². The first-order valence-electron chi connectivity index (χ1n) is 4.24. The van der Waals surface area contributed by atoms with Gasteiger partial charge >= 0.3 is 0 Å². The van der Waals surface area contributed by atoms with Gasteiger partial charge in [-0.1, -0.05) is 23.7 Å². The number of benzene rings is 1. The van der Waals surface area contributed by atoms with Gasteiger partial charge in [0.2, 0.25) is 16.5 Å². The molecule has 0 aliphatic carbocycles. The average Bonchev–Trinajstić information content (AvgIpc) is 2.20. The number of aromatic nitrogens is 3. The summed E-state index contributed by atoms with van der Waals surface area (Å²) in [5, 5.41) is 3.49. The van der Waals surface area contributed by atoms with Crippen LogP contribution in [0.3, 0.4) is 0 Å². The molecule has 0 aliphatic heterocycles. The molecule has 90 valence electrons. The predicted molar refractivity (Wildman–Crippen MR) is 64.6 cm³/mol. The standard InChI is InChI=1S/C9H5Cl3N4.Fe/c10-5-3-1-2-4-6(5)13-9-15-7(11)14-8(12)16-9;/h1-4H,(H,13,14,15,16);. The van der Waals surface area contributed by atoms with Crippen molar-refractivity contribution in [1.29, 1.82) is 0 Å². The SMILES string of the molecule is Clc1nc(Cl)nc(Nc2ccccc2Cl)n1.[Fe]. The number of hydrogen-bond donors (Lipinski definition) is 1. The zero-order valence-electron chi connectivity index (χ0n) is 8.14. The van der Waals surface area contributed by atoms with Crippen LogP contribution in [0.5, 0.6) is 0 Å². The molecule has 8 heteroatoms. The molecule has 0 spiro atoms. The van der Waals surface area contributed by atoms with Crippen molar-refractivity contribution >= 4 is 46.4 Å². The molecule has 0 unspecified atom stereocenters. The van der Waals surface area contributed by atoms with Crippen LogP contribution in [0.1, 0.15) is 0 Å². The molecule has 0 bridgehead atoms. The van der Waals surface area contributed by atoms with Gasteiger partial charge in [-0.25, -0.2) is 0 Å². The number of halogens is 3. The molecule has 0 radical (unpaired) electrons. The first kappa shape index (κ1) is 14.5. The van der Waals surface area contributed by atoms with Crippen molar-refractivity contribution in [2.24, 2.45) is 0 Å². The fourth-order valence-corrected chi connectivity index (χ4v) is 1.61. The molecular formula is C9H5Cl3FeN4. The monoisotopic (exact) mass is 330 g/mol. The Kier molecular flexibility index (Phi) is 5.43. The Morgan fingerprint density at radius 1 is 0.882 bits per heavy atom. The second kappa shape index (κ2) is 6.38. The van der Waals surface area contributed by atoms with Crippen LogP contribution in [-0.2, 0) is 17.1 Å². The van der Waals surface area contributed by atoms with Crippen LogP contribution in [0.4, 0.5) is 11.6 Å². The van der Waals surface area contributed by atoms with Gasteiger partial charge in [-0.05, 0) is 35.3 Å². The molecule has 1 N–H and O–H groups in total. The molecule has 2 aromatic rings. The molecule has 2 rings (SSSR count). The van der Waals surface area contributed by atoms with E-state index >= 15 is 0 Å². The van der Waals surface area contributed by atoms with E-state index in [1.54, 1.807) is 12.1 Å². The molecule has 0 saturated carbocycles. The van der Waals surface area contributed by atoms with Gasteiger partial charge in [-0.15, -0.1) is 0 Å². The molecule has 1 aromatic heterocycles. The maximum Gasteiger partial charge on any atom is 0.232 e. The van der Waals surface area contributed by atoms with E-state index in [4.69, 9.17) is 34.8 Å². The number of anilines is 2. The molecule has 4 nitrogen and oxygen atoms in total. The van der Waals surface area contributed by atoms with Crippen molar-refractivity contribution in [1.82, 2.24) is 15.0 Å². The fraction of sp³-hybridized carbons (Fsp3) is 0. The summed E-state index contributed by atoms with van der Waals surface area (Å²) in [5.74, 6) is 0.248. The summed E-state index contributed by atoms with van der Waals surface area (Å²) in [4.78, 5) is 11.4. The van der Waals surface area contributed by atoms with E-state index in [0.29, 0.717) is 10.7 Å². The first-order valence-corrected chi connectivity index (χ1v) is 5.37. The molecule has 1 aromatic carbocycles. The van der Waals surface area contributed by atoms with E-state index in [2.05, 4.69) is 20.3 Å². The minimum atomic E-state index is 0. The first-order chi connectivity index (χ1) is 7.65. The predicted octanol–water partition coefficient (Wildman–Crippen LogP) is 3.57. The Labute approximate surface area is 123 Å². The zero-order valence-corrected chi connectivity index (χ0v) is 11.5. The Bertz CT molecular complexity index is 503. The van der Waals surface area contributed by atoms with E-state index in [0.717, 1.165) is 0 Å². The summed E-state index contributed by atoms with van der Waals surface area (Å²) in [5.41, 5.74) is 0.669. The van der Waals surface area contributed by atoms with Gasteiger partial charge in [0.1, 0.15) is 0 Å². The van der Waals surface area contributed by atoms with Gasteiger partial charge in [0.05, 0.1) is 10.7 Å². The largest absolute Gasteiger partial charge is 0.323 e. The van der Waals surface area contributed by atoms with E-state index in [-0.39, 0.29) is 33.6 Å². The topological polar surface area (TPSA) is 50.7 Å². The fourth-order valence-electron chi connectivity index (χ4n) is 1.06. The normalized spacial score (nSPS) is 9.59. The maximum absolute atomic E-state index is 5.95. The van der Waals surface area contributed by atoms with Crippen LogP contribution in [0.15, 0.2) is 24.3 Å². The maximum atomic E-state index is 5.95. The van der Waals surface area contributed by atoms with Crippen LogP contribution < -0.4 is 5.32 Å². The van der Waals surface area contributed by atoms with Gasteiger partial charge in [-0.3, -0.25) is 0 Å². The van der Waals surface area contributed by atoms with Crippen LogP contribution >= 0.6 is 34.8 Å². The van der Waals surface area contributed by atoms with Crippen LogP contribution in [0, 0.1) is 0 Å². The molecule has 0 atom stereocenters. The molecular weight excluding hydrogens is 326 g/mol. The smallest absolute Gasteiger partial charge is 0.232 e. The molecule has 0 amide bonds. The van der Waals surface area contributed by atoms with Crippen molar-refractivity contribution in [2.75, 3.05) is 5.32 Å². The third kappa shape index (κ3) is 3.98. The summed E-state index contributed by atoms with van der Waals surface area (Å²) < 4.78 is 0. The third-order valence-corrected chi connectivity index (χ3v) is 2.37. The summed E-state index contributed by atoms with van der Waals surface area (Å²) >= 11 is 17.2. The van der Waals surface area contributed by atoms with E-state index < -0.39 is 0 Å². The Hall–Kier alpha value is -0.581. The van der Waals surface area contributed by atoms with Crippen LogP contribution in [0.25, 0.3) is 0 Å². The minimum Gasteiger partial charge on any atom is -0.323 e. The Balaban J connectivity index is 0.00000144. The van der Waals surface area contributed by atoms with Crippen LogP contribution in [-0.4, -0.2) is 15.0 Å². The van der Waals surface area contributed by atoms with Gasteiger partial charge < -0.3 is 5.32 Å². The van der Waals surface area contributed by atoms with Gasteiger partial charge in [0.15, 0.2) is 0 Å². The van der Waals surface area contributed by atoms with Gasteiger partial charge in [0.25, 0.3) is 0 Å². The number of nitrogens with one attached hydrogen (secondary N) is 1. The number of rotatable bonds is 2. The van der Waals surface area contributed by atoms with Crippen molar-refractivity contribution in [2.45, 2.75) is 0 Å². The summed E-state index contributed by atoms with van der Waals surface area (Å²) in [6.45, 7) is 0. The Morgan fingerprint density at radius 2 is 1.47 bits per heavy atom. The summed E-state index contributed by atoms with van der Waals surface area (Å²) in [7, 11) is 0. The Morgan fingerprint density at radius 3 is 2.06 bits per heavy atom. The average molecular weight is 331 g/mol. The number of nitrogens with zero attached hydrogens (tertiary/aromatic N) is 3. The second-order valence-corrected chi connectivity index (χ2v) is 3.89. The van der Waals surface area contributed by atoms with E-state index in [9.17, 15) is 0 Å². The second-order valence-electron chi connectivity index (χ2n) is 2.80. The molecule has 0 fully saturated rings. The van der Waals surface area contributed by atoms with Gasteiger partial charge in [-0.2, -0.15) is 15.0 Å². The van der Waals surface area contributed by atoms with E-state index in [1.807, 2.05) is 12.1 Å². The quantitative estimate of drug-likeness (QED) is 0.855. The van der Waals surface area contributed by atoms with Crippen molar-refractivity contribution in [3.05, 3.63) is 39.9 Å². The molecule has 0 saturated heterocycles. The summed E-state index contributed by atoms with van der Waals surface area (Å²) in [6, 6.07) is 7.18. The van der Waals surface area contributed by atoms with Crippen LogP contribution in [0.2, 0.25) is 15.6 Å². The van der Waals surface area contributed by atoms with Crippen molar-refractivity contribution < 1.29 is 17.1 Å². The number of hydrogen-bond acceptors (Lipinski definition) is 4. The molecule has 0 aliphatic rings. The number of para-hydroxylation sites is 1. The molecule has 17 heavy (non-hydrogen) atoms. The zero-order chi connectivity index (χ0) is 11.5. The third-order valence-electron chi connectivity index (χ3n) is 1.70. The molecule has 1 heterocycles. The van der Waals surface area contributed by atoms with Crippen molar-refractivity contribution in [3.63, 3.8) is 0 Å².